The summed E-state index contributed by atoms with van der Waals surface area (Å²) in [5, 5.41) is 5.98. The van der Waals surface area contributed by atoms with E-state index < -0.39 is 0 Å². The number of anilines is 1. The Balaban J connectivity index is 1.62. The molecule has 0 aromatic heterocycles. The molecule has 0 fully saturated rings. The predicted molar refractivity (Wildman–Crippen MR) is 113 cm³/mol. The second-order valence-corrected chi connectivity index (χ2v) is 7.54. The lowest BCUT2D eigenvalue weighted by Crippen LogP contribution is -2.41. The van der Waals surface area contributed by atoms with Crippen LogP contribution in [0.5, 0.6) is 0 Å². The second-order valence-electron chi connectivity index (χ2n) is 7.54. The van der Waals surface area contributed by atoms with Crippen LogP contribution in [0.2, 0.25) is 0 Å². The maximum Gasteiger partial charge on any atom is 0.251 e. The largest absolute Gasteiger partial charge is 0.362 e. The maximum atomic E-state index is 12.5. The summed E-state index contributed by atoms with van der Waals surface area (Å²) in [6.07, 6.45) is 2.63. The van der Waals surface area contributed by atoms with Crippen LogP contribution in [0.1, 0.15) is 41.8 Å². The first kappa shape index (κ1) is 19.9. The highest BCUT2D eigenvalue weighted by molar-refractivity contribution is 5.97. The van der Waals surface area contributed by atoms with Gasteiger partial charge in [0.25, 0.3) is 5.91 Å². The number of fused-ring (bicyclic) bond motifs is 1. The minimum Gasteiger partial charge on any atom is -0.362 e. The zero-order valence-corrected chi connectivity index (χ0v) is 16.7. The summed E-state index contributed by atoms with van der Waals surface area (Å²) in [6, 6.07) is 16.0. The summed E-state index contributed by atoms with van der Waals surface area (Å²) in [5.74, 6) is -0.0261. The fourth-order valence-electron chi connectivity index (χ4n) is 3.64. The molecule has 1 aliphatic rings. The monoisotopic (exact) mass is 379 g/mol. The van der Waals surface area contributed by atoms with Gasteiger partial charge < -0.3 is 15.5 Å². The van der Waals surface area contributed by atoms with Crippen LogP contribution in [0.3, 0.4) is 0 Å². The average molecular weight is 380 g/mol. The molecule has 1 heterocycles. The fourth-order valence-corrected chi connectivity index (χ4v) is 3.64. The molecule has 5 nitrogen and oxygen atoms in total. The summed E-state index contributed by atoms with van der Waals surface area (Å²) >= 11 is 0. The number of carbonyl (C=O) groups is 2. The highest BCUT2D eigenvalue weighted by Gasteiger charge is 2.23. The van der Waals surface area contributed by atoms with Gasteiger partial charge in [0, 0.05) is 30.4 Å². The summed E-state index contributed by atoms with van der Waals surface area (Å²) in [5.41, 5.74) is 3.98. The average Bonchev–Trinajstić information content (AvgIpc) is 2.68. The molecule has 0 spiro atoms. The lowest BCUT2D eigenvalue weighted by molar-refractivity contribution is -0.119. The van der Waals surface area contributed by atoms with Crippen LogP contribution >= 0.6 is 0 Å². The van der Waals surface area contributed by atoms with Crippen LogP contribution in [0.15, 0.2) is 48.5 Å². The van der Waals surface area contributed by atoms with Gasteiger partial charge in [0.1, 0.15) is 0 Å². The molecule has 1 aliphatic heterocycles. The van der Waals surface area contributed by atoms with Gasteiger partial charge in [-0.3, -0.25) is 9.59 Å². The Morgan fingerprint density at radius 2 is 1.86 bits per heavy atom. The number of nitrogens with one attached hydrogen (secondary N) is 2. The Bertz CT molecular complexity index is 818. The van der Waals surface area contributed by atoms with Gasteiger partial charge in [-0.1, -0.05) is 36.4 Å². The molecule has 0 unspecified atom stereocenters. The van der Waals surface area contributed by atoms with E-state index in [1.54, 1.807) is 0 Å². The molecule has 0 bridgehead atoms. The predicted octanol–water partition coefficient (Wildman–Crippen LogP) is 2.94. The van der Waals surface area contributed by atoms with Crippen molar-refractivity contribution in [2.45, 2.75) is 39.2 Å². The number of amides is 2. The van der Waals surface area contributed by atoms with Gasteiger partial charge in [-0.25, -0.2) is 0 Å². The van der Waals surface area contributed by atoms with Crippen molar-refractivity contribution in [2.75, 3.05) is 24.5 Å². The van der Waals surface area contributed by atoms with E-state index in [1.165, 1.54) is 5.56 Å². The molecule has 148 valence electrons. The van der Waals surface area contributed by atoms with Gasteiger partial charge in [0.05, 0.1) is 6.54 Å². The van der Waals surface area contributed by atoms with Crippen LogP contribution in [0.25, 0.3) is 0 Å². The molecule has 0 atom stereocenters. The van der Waals surface area contributed by atoms with Gasteiger partial charge in [0.15, 0.2) is 0 Å². The molecule has 28 heavy (non-hydrogen) atoms. The van der Waals surface area contributed by atoms with Crippen molar-refractivity contribution in [2.24, 2.45) is 0 Å². The first-order valence-corrected chi connectivity index (χ1v) is 10.0. The maximum absolute atomic E-state index is 12.5. The third-order valence-corrected chi connectivity index (χ3v) is 4.92. The number of benzene rings is 2. The Hall–Kier alpha value is -2.82. The Labute approximate surface area is 167 Å². The standard InChI is InChI=1S/C23H29N3O2/c1-17(2)25-23(28)20-10-6-12-21-19(20)11-7-15-26(21)16-22(27)24-14-13-18-8-4-3-5-9-18/h3-6,8-10,12,17H,7,11,13-16H2,1-2H3,(H,24,27)(H,25,28). The van der Waals surface area contributed by atoms with E-state index in [0.29, 0.717) is 13.1 Å². The van der Waals surface area contributed by atoms with Crippen molar-refractivity contribution < 1.29 is 9.59 Å². The Kier molecular flexibility index (Phi) is 6.69. The summed E-state index contributed by atoms with van der Waals surface area (Å²) in [4.78, 5) is 27.1. The van der Waals surface area contributed by atoms with Gasteiger partial charge in [0.2, 0.25) is 5.91 Å². The molecule has 0 aliphatic carbocycles. The van der Waals surface area contributed by atoms with Crippen molar-refractivity contribution in [3.63, 3.8) is 0 Å². The minimum atomic E-state index is -0.0407. The van der Waals surface area contributed by atoms with E-state index in [9.17, 15) is 9.59 Å². The third-order valence-electron chi connectivity index (χ3n) is 4.92. The van der Waals surface area contributed by atoms with Crippen LogP contribution in [0, 0.1) is 0 Å². The number of rotatable bonds is 7. The molecule has 0 radical (unpaired) electrons. The van der Waals surface area contributed by atoms with E-state index in [2.05, 4.69) is 27.7 Å². The SMILES string of the molecule is CC(C)NC(=O)c1cccc2c1CCCN2CC(=O)NCCc1ccccc1. The highest BCUT2D eigenvalue weighted by atomic mass is 16.2. The Morgan fingerprint density at radius 3 is 2.61 bits per heavy atom. The van der Waals surface area contributed by atoms with E-state index >= 15 is 0 Å². The molecule has 2 aromatic rings. The highest BCUT2D eigenvalue weighted by Crippen LogP contribution is 2.29. The lowest BCUT2D eigenvalue weighted by Gasteiger charge is -2.32. The van der Waals surface area contributed by atoms with Crippen molar-refractivity contribution in [1.82, 2.24) is 10.6 Å². The van der Waals surface area contributed by atoms with Gasteiger partial charge in [-0.2, -0.15) is 0 Å². The molecular formula is C23H29N3O2. The molecule has 3 rings (SSSR count). The number of nitrogens with zero attached hydrogens (tertiary/aromatic N) is 1. The van der Waals surface area contributed by atoms with E-state index in [1.807, 2.05) is 50.2 Å². The normalized spacial score (nSPS) is 13.2. The van der Waals surface area contributed by atoms with Crippen LogP contribution in [-0.2, 0) is 17.6 Å². The van der Waals surface area contributed by atoms with Crippen LogP contribution < -0.4 is 15.5 Å². The topological polar surface area (TPSA) is 61.4 Å². The second kappa shape index (κ2) is 9.40. The molecule has 5 heteroatoms. The molecule has 2 aromatic carbocycles. The first-order valence-electron chi connectivity index (χ1n) is 10.0. The van der Waals surface area contributed by atoms with Crippen molar-refractivity contribution in [3.05, 3.63) is 65.2 Å². The molecule has 2 amide bonds. The van der Waals surface area contributed by atoms with E-state index in [0.717, 1.165) is 42.6 Å². The van der Waals surface area contributed by atoms with Crippen molar-refractivity contribution in [3.8, 4) is 0 Å². The summed E-state index contributed by atoms with van der Waals surface area (Å²) < 4.78 is 0. The number of hydrogen-bond acceptors (Lipinski definition) is 3. The quantitative estimate of drug-likeness (QED) is 0.778. The smallest absolute Gasteiger partial charge is 0.251 e. The van der Waals surface area contributed by atoms with Crippen LogP contribution in [0.4, 0.5) is 5.69 Å². The lowest BCUT2D eigenvalue weighted by atomic mass is 9.95. The van der Waals surface area contributed by atoms with E-state index in [4.69, 9.17) is 0 Å². The number of hydrogen-bond donors (Lipinski definition) is 2. The minimum absolute atomic E-state index is 0.0146. The van der Waals surface area contributed by atoms with Gasteiger partial charge >= 0.3 is 0 Å². The van der Waals surface area contributed by atoms with Crippen molar-refractivity contribution in [1.29, 1.82) is 0 Å². The molecular weight excluding hydrogens is 350 g/mol. The third kappa shape index (κ3) is 5.12. The summed E-state index contributed by atoms with van der Waals surface area (Å²) in [6.45, 7) is 5.69. The summed E-state index contributed by atoms with van der Waals surface area (Å²) in [7, 11) is 0. The first-order chi connectivity index (χ1) is 13.5. The zero-order chi connectivity index (χ0) is 19.9. The van der Waals surface area contributed by atoms with Gasteiger partial charge in [-0.15, -0.1) is 0 Å². The molecule has 0 saturated carbocycles. The Morgan fingerprint density at radius 1 is 1.07 bits per heavy atom. The molecule has 2 N–H and O–H groups in total. The van der Waals surface area contributed by atoms with Crippen molar-refractivity contribution >= 4 is 17.5 Å². The van der Waals surface area contributed by atoms with E-state index in [-0.39, 0.29) is 17.9 Å². The molecule has 0 saturated heterocycles. The fraction of sp³-hybridized carbons (Fsp3) is 0.391. The van der Waals surface area contributed by atoms with Gasteiger partial charge in [-0.05, 0) is 56.4 Å². The zero-order valence-electron chi connectivity index (χ0n) is 16.7. The number of carbonyl (C=O) groups excluding carboxylic acids is 2. The van der Waals surface area contributed by atoms with Crippen LogP contribution in [-0.4, -0.2) is 37.5 Å².